The van der Waals surface area contributed by atoms with E-state index in [1.165, 1.54) is 0 Å². The van der Waals surface area contributed by atoms with Gasteiger partial charge in [-0.05, 0) is 43.0 Å². The van der Waals surface area contributed by atoms with Crippen molar-refractivity contribution < 1.29 is 13.9 Å². The largest absolute Gasteiger partial charge is 0.466 e. The maximum Gasteiger partial charge on any atom is 0.306 e. The Bertz CT molecular complexity index is 726. The topological polar surface area (TPSA) is 65.0 Å². The predicted octanol–water partition coefficient (Wildman–Crippen LogP) is 3.75. The molecule has 5 nitrogen and oxygen atoms in total. The van der Waals surface area contributed by atoms with Crippen LogP contribution in [-0.4, -0.2) is 27.5 Å². The van der Waals surface area contributed by atoms with E-state index >= 15 is 0 Å². The van der Waals surface area contributed by atoms with Crippen molar-refractivity contribution in [3.8, 4) is 0 Å². The van der Waals surface area contributed by atoms with Crippen molar-refractivity contribution in [3.05, 3.63) is 53.1 Å². The first-order valence-corrected chi connectivity index (χ1v) is 8.46. The number of esters is 1. The molecular formula is C18H21ClFN3O2. The molecule has 7 heteroatoms. The van der Waals surface area contributed by atoms with E-state index in [9.17, 15) is 9.18 Å². The van der Waals surface area contributed by atoms with Crippen LogP contribution in [0.5, 0.6) is 0 Å². The van der Waals surface area contributed by atoms with Gasteiger partial charge in [0.2, 0.25) is 5.28 Å². The maximum absolute atomic E-state index is 14.1. The standard InChI is InChI=1S/C18H21ClFN3O2/c1-4-25-16(24)10-12(9-14-13(20)11-22-17(19)23-14)18(2,3)15-7-5-6-8-21-15/h5-8,11-12H,4,9-10H2,1-3H3. The summed E-state index contributed by atoms with van der Waals surface area (Å²) in [5, 5.41) is -0.0260. The van der Waals surface area contributed by atoms with Crippen molar-refractivity contribution in [2.75, 3.05) is 6.61 Å². The number of hydrogen-bond acceptors (Lipinski definition) is 5. The molecule has 134 valence electrons. The molecule has 2 aromatic heterocycles. The third kappa shape index (κ3) is 4.95. The molecule has 0 bridgehead atoms. The first-order valence-electron chi connectivity index (χ1n) is 8.08. The highest BCUT2D eigenvalue weighted by molar-refractivity contribution is 6.28. The summed E-state index contributed by atoms with van der Waals surface area (Å²) in [6, 6.07) is 5.60. The van der Waals surface area contributed by atoms with Gasteiger partial charge in [0.05, 0.1) is 18.5 Å². The second-order valence-corrected chi connectivity index (χ2v) is 6.62. The van der Waals surface area contributed by atoms with Crippen LogP contribution in [0.1, 0.15) is 38.6 Å². The third-order valence-corrected chi connectivity index (χ3v) is 4.47. The van der Waals surface area contributed by atoms with Gasteiger partial charge in [-0.15, -0.1) is 0 Å². The summed E-state index contributed by atoms with van der Waals surface area (Å²) in [6.07, 6.45) is 3.08. The van der Waals surface area contributed by atoms with Crippen molar-refractivity contribution in [1.82, 2.24) is 15.0 Å². The normalized spacial score (nSPS) is 12.7. The zero-order valence-electron chi connectivity index (χ0n) is 14.5. The number of rotatable bonds is 7. The minimum Gasteiger partial charge on any atom is -0.466 e. The quantitative estimate of drug-likeness (QED) is 0.552. The fourth-order valence-corrected chi connectivity index (χ4v) is 2.86. The second-order valence-electron chi connectivity index (χ2n) is 6.28. The lowest BCUT2D eigenvalue weighted by Gasteiger charge is -2.33. The van der Waals surface area contributed by atoms with Gasteiger partial charge in [0, 0.05) is 23.7 Å². The summed E-state index contributed by atoms with van der Waals surface area (Å²) in [7, 11) is 0. The van der Waals surface area contributed by atoms with Gasteiger partial charge in [-0.25, -0.2) is 14.4 Å². The van der Waals surface area contributed by atoms with E-state index in [2.05, 4.69) is 15.0 Å². The van der Waals surface area contributed by atoms with Crippen LogP contribution in [0.4, 0.5) is 4.39 Å². The van der Waals surface area contributed by atoms with Gasteiger partial charge in [0.1, 0.15) is 0 Å². The minimum atomic E-state index is -0.546. The molecule has 0 aliphatic rings. The van der Waals surface area contributed by atoms with E-state index in [4.69, 9.17) is 16.3 Å². The molecule has 2 rings (SSSR count). The van der Waals surface area contributed by atoms with Gasteiger partial charge in [0.15, 0.2) is 5.82 Å². The van der Waals surface area contributed by atoms with Gasteiger partial charge >= 0.3 is 5.97 Å². The molecule has 2 aromatic rings. The summed E-state index contributed by atoms with van der Waals surface area (Å²) < 4.78 is 19.2. The molecule has 25 heavy (non-hydrogen) atoms. The van der Waals surface area contributed by atoms with Crippen molar-refractivity contribution in [3.63, 3.8) is 0 Å². The molecule has 0 aliphatic carbocycles. The fraction of sp³-hybridized carbons (Fsp3) is 0.444. The van der Waals surface area contributed by atoms with E-state index in [1.54, 1.807) is 13.1 Å². The SMILES string of the molecule is CCOC(=O)CC(Cc1nc(Cl)ncc1F)C(C)(C)c1ccccn1. The number of ether oxygens (including phenoxy) is 1. The number of carbonyl (C=O) groups excluding carboxylic acids is 1. The van der Waals surface area contributed by atoms with E-state index in [-0.39, 0.29) is 35.7 Å². The Labute approximate surface area is 151 Å². The van der Waals surface area contributed by atoms with Gasteiger partial charge in [-0.2, -0.15) is 0 Å². The highest BCUT2D eigenvalue weighted by atomic mass is 35.5. The van der Waals surface area contributed by atoms with E-state index in [0.717, 1.165) is 11.9 Å². The van der Waals surface area contributed by atoms with Gasteiger partial charge < -0.3 is 4.74 Å². The van der Waals surface area contributed by atoms with Gasteiger partial charge in [0.25, 0.3) is 0 Å². The van der Waals surface area contributed by atoms with Crippen LogP contribution in [0.15, 0.2) is 30.6 Å². The van der Waals surface area contributed by atoms with Gasteiger partial charge in [-0.3, -0.25) is 9.78 Å². The summed E-state index contributed by atoms with van der Waals surface area (Å²) in [5.41, 5.74) is 0.487. The van der Waals surface area contributed by atoms with Crippen molar-refractivity contribution in [2.24, 2.45) is 5.92 Å². The zero-order chi connectivity index (χ0) is 18.4. The van der Waals surface area contributed by atoms with Crippen molar-refractivity contribution >= 4 is 17.6 Å². The molecular weight excluding hydrogens is 345 g/mol. The number of nitrogens with zero attached hydrogens (tertiary/aromatic N) is 3. The molecule has 0 N–H and O–H groups in total. The van der Waals surface area contributed by atoms with Crippen LogP contribution in [0.3, 0.4) is 0 Å². The molecule has 1 atom stereocenters. The molecule has 0 radical (unpaired) electrons. The molecule has 0 spiro atoms. The van der Waals surface area contributed by atoms with Crippen LogP contribution >= 0.6 is 11.6 Å². The molecule has 0 aliphatic heterocycles. The Morgan fingerprint density at radius 3 is 2.76 bits per heavy atom. The molecule has 1 unspecified atom stereocenters. The fourth-order valence-electron chi connectivity index (χ4n) is 2.71. The Morgan fingerprint density at radius 2 is 2.12 bits per heavy atom. The van der Waals surface area contributed by atoms with Crippen LogP contribution in [0.2, 0.25) is 5.28 Å². The average Bonchev–Trinajstić information content (AvgIpc) is 2.58. The molecule has 0 fully saturated rings. The first-order chi connectivity index (χ1) is 11.8. The second kappa shape index (κ2) is 8.34. The number of halogens is 2. The average molecular weight is 366 g/mol. The van der Waals surface area contributed by atoms with Crippen LogP contribution in [0, 0.1) is 11.7 Å². The molecule has 0 saturated heterocycles. The molecule has 0 aromatic carbocycles. The number of hydrogen-bond donors (Lipinski definition) is 0. The Hall–Kier alpha value is -2.08. The summed E-state index contributed by atoms with van der Waals surface area (Å²) in [5.74, 6) is -1.16. The Kier molecular flexibility index (Phi) is 6.42. The Balaban J connectivity index is 2.35. The highest BCUT2D eigenvalue weighted by Gasteiger charge is 2.35. The number of carbonyl (C=O) groups is 1. The van der Waals surface area contributed by atoms with Gasteiger partial charge in [-0.1, -0.05) is 19.9 Å². The van der Waals surface area contributed by atoms with E-state index < -0.39 is 11.2 Å². The van der Waals surface area contributed by atoms with Crippen molar-refractivity contribution in [2.45, 2.75) is 39.0 Å². The first kappa shape index (κ1) is 19.2. The number of aromatic nitrogens is 3. The molecule has 0 saturated carbocycles. The lowest BCUT2D eigenvalue weighted by molar-refractivity contribution is -0.144. The summed E-state index contributed by atoms with van der Waals surface area (Å²) in [4.78, 5) is 24.1. The smallest absolute Gasteiger partial charge is 0.306 e. The van der Waals surface area contributed by atoms with Crippen molar-refractivity contribution in [1.29, 1.82) is 0 Å². The molecule has 2 heterocycles. The van der Waals surface area contributed by atoms with E-state index in [0.29, 0.717) is 6.61 Å². The van der Waals surface area contributed by atoms with Crippen LogP contribution < -0.4 is 0 Å². The summed E-state index contributed by atoms with van der Waals surface area (Å²) >= 11 is 5.79. The summed E-state index contributed by atoms with van der Waals surface area (Å²) in [6.45, 7) is 5.99. The zero-order valence-corrected chi connectivity index (χ0v) is 15.3. The minimum absolute atomic E-state index is 0.0260. The van der Waals surface area contributed by atoms with Crippen LogP contribution in [-0.2, 0) is 21.4 Å². The maximum atomic E-state index is 14.1. The predicted molar refractivity (Wildman–Crippen MR) is 92.7 cm³/mol. The lowest BCUT2D eigenvalue weighted by atomic mass is 9.72. The monoisotopic (exact) mass is 365 g/mol. The van der Waals surface area contributed by atoms with Crippen LogP contribution in [0.25, 0.3) is 0 Å². The Morgan fingerprint density at radius 1 is 1.36 bits per heavy atom. The third-order valence-electron chi connectivity index (χ3n) is 4.29. The highest BCUT2D eigenvalue weighted by Crippen LogP contribution is 2.35. The molecule has 0 amide bonds. The lowest BCUT2D eigenvalue weighted by Crippen LogP contribution is -2.34. The number of pyridine rings is 1. The van der Waals surface area contributed by atoms with E-state index in [1.807, 2.05) is 32.0 Å².